The van der Waals surface area contributed by atoms with Gasteiger partial charge in [-0.2, -0.15) is 16.4 Å². The lowest BCUT2D eigenvalue weighted by atomic mass is 9.97. The van der Waals surface area contributed by atoms with Crippen molar-refractivity contribution in [3.05, 3.63) is 64.6 Å². The smallest absolute Gasteiger partial charge is 0.256 e. The number of nitrogens with one attached hydrogen (secondary N) is 1. The van der Waals surface area contributed by atoms with E-state index in [2.05, 4.69) is 10.4 Å². The number of amides is 1. The Labute approximate surface area is 161 Å². The van der Waals surface area contributed by atoms with Gasteiger partial charge in [0.25, 0.3) is 5.91 Å². The van der Waals surface area contributed by atoms with Crippen LogP contribution in [0.4, 0.5) is 11.4 Å². The molecule has 1 N–H and O–H groups in total. The Bertz CT molecular complexity index is 1060. The van der Waals surface area contributed by atoms with Crippen LogP contribution in [0.15, 0.2) is 53.5 Å². The zero-order valence-electron chi connectivity index (χ0n) is 14.6. The van der Waals surface area contributed by atoms with Crippen LogP contribution in [0.1, 0.15) is 28.4 Å². The number of fused-ring (bicyclic) bond motifs is 1. The van der Waals surface area contributed by atoms with Crippen molar-refractivity contribution in [2.24, 2.45) is 0 Å². The normalized spacial score (nSPS) is 16.8. The van der Waals surface area contributed by atoms with Gasteiger partial charge in [0.2, 0.25) is 10.0 Å². The van der Waals surface area contributed by atoms with Crippen molar-refractivity contribution in [1.29, 1.82) is 0 Å². The molecule has 1 aliphatic rings. The topological polar surface area (TPSA) is 84.3 Å². The van der Waals surface area contributed by atoms with Crippen molar-refractivity contribution in [2.45, 2.75) is 12.5 Å². The average Bonchev–Trinajstić information content (AvgIpc) is 3.33. The van der Waals surface area contributed by atoms with Crippen LogP contribution in [0.2, 0.25) is 0 Å². The van der Waals surface area contributed by atoms with Crippen LogP contribution in [0, 0.1) is 0 Å². The fourth-order valence-corrected chi connectivity index (χ4v) is 4.92. The molecule has 0 saturated carbocycles. The zero-order chi connectivity index (χ0) is 19.0. The Hall–Kier alpha value is -2.65. The standard InChI is InChI=1S/C18H18N4O3S2/c1-27(24,25)22-9-5-16(21-8-2-7-19-21)15-11-14(3-4-17(15)22)20-18(23)13-6-10-26-12-13/h2-4,6-8,10-12,16H,5,9H2,1H3,(H,20,23). The molecule has 9 heteroatoms. The minimum Gasteiger partial charge on any atom is -0.322 e. The van der Waals surface area contributed by atoms with Crippen molar-refractivity contribution in [1.82, 2.24) is 9.78 Å². The van der Waals surface area contributed by atoms with Gasteiger partial charge in [-0.3, -0.25) is 13.8 Å². The van der Waals surface area contributed by atoms with Gasteiger partial charge in [-0.05, 0) is 42.1 Å². The van der Waals surface area contributed by atoms with Crippen LogP contribution in [0.25, 0.3) is 0 Å². The highest BCUT2D eigenvalue weighted by atomic mass is 32.2. The summed E-state index contributed by atoms with van der Waals surface area (Å²) in [6, 6.07) is 8.82. The molecule has 1 aliphatic heterocycles. The van der Waals surface area contributed by atoms with Crippen molar-refractivity contribution in [3.63, 3.8) is 0 Å². The molecule has 2 aromatic heterocycles. The highest BCUT2D eigenvalue weighted by molar-refractivity contribution is 7.92. The van der Waals surface area contributed by atoms with Crippen LogP contribution in [0.3, 0.4) is 0 Å². The molecule has 0 aliphatic carbocycles. The van der Waals surface area contributed by atoms with Gasteiger partial charge in [-0.15, -0.1) is 0 Å². The molecular weight excluding hydrogens is 384 g/mol. The second-order valence-electron chi connectivity index (χ2n) is 6.37. The molecule has 0 saturated heterocycles. The number of carbonyl (C=O) groups is 1. The van der Waals surface area contributed by atoms with Gasteiger partial charge < -0.3 is 5.32 Å². The Balaban J connectivity index is 1.74. The molecule has 0 bridgehead atoms. The summed E-state index contributed by atoms with van der Waals surface area (Å²) >= 11 is 1.46. The van der Waals surface area contributed by atoms with Gasteiger partial charge in [0.1, 0.15) is 0 Å². The molecule has 0 fully saturated rings. The van der Waals surface area contributed by atoms with E-state index in [1.807, 2.05) is 28.4 Å². The summed E-state index contributed by atoms with van der Waals surface area (Å²) in [4.78, 5) is 12.3. The number of sulfonamides is 1. The molecule has 7 nitrogen and oxygen atoms in total. The lowest BCUT2D eigenvalue weighted by Gasteiger charge is -2.34. The van der Waals surface area contributed by atoms with Crippen LogP contribution < -0.4 is 9.62 Å². The van der Waals surface area contributed by atoms with E-state index >= 15 is 0 Å². The quantitative estimate of drug-likeness (QED) is 0.727. The van der Waals surface area contributed by atoms with E-state index in [-0.39, 0.29) is 11.9 Å². The fraction of sp³-hybridized carbons (Fsp3) is 0.222. The average molecular weight is 403 g/mol. The van der Waals surface area contributed by atoms with Crippen LogP contribution in [-0.4, -0.2) is 36.9 Å². The van der Waals surface area contributed by atoms with Crippen LogP contribution in [0.5, 0.6) is 0 Å². The van der Waals surface area contributed by atoms with Gasteiger partial charge in [0.05, 0.1) is 23.5 Å². The number of aromatic nitrogens is 2. The van der Waals surface area contributed by atoms with Gasteiger partial charge >= 0.3 is 0 Å². The van der Waals surface area contributed by atoms with E-state index in [1.165, 1.54) is 21.9 Å². The first-order valence-electron chi connectivity index (χ1n) is 8.38. The Morgan fingerprint density at radius 1 is 1.33 bits per heavy atom. The second-order valence-corrected chi connectivity index (χ2v) is 9.05. The van der Waals surface area contributed by atoms with Gasteiger partial charge in [-0.1, -0.05) is 0 Å². The molecule has 1 unspecified atom stereocenters. The number of nitrogens with zero attached hydrogens (tertiary/aromatic N) is 3. The van der Waals surface area contributed by atoms with Crippen molar-refractivity contribution in [2.75, 3.05) is 22.4 Å². The summed E-state index contributed by atoms with van der Waals surface area (Å²) in [5.74, 6) is -0.192. The summed E-state index contributed by atoms with van der Waals surface area (Å²) in [5.41, 5.74) is 2.66. The number of anilines is 2. The second kappa shape index (κ2) is 6.82. The predicted molar refractivity (Wildman–Crippen MR) is 106 cm³/mol. The third kappa shape index (κ3) is 3.47. The van der Waals surface area contributed by atoms with E-state index in [0.717, 1.165) is 5.56 Å². The molecule has 140 valence electrons. The van der Waals surface area contributed by atoms with Crippen molar-refractivity contribution < 1.29 is 13.2 Å². The molecule has 27 heavy (non-hydrogen) atoms. The van der Waals surface area contributed by atoms with Gasteiger partial charge in [-0.25, -0.2) is 8.42 Å². The van der Waals surface area contributed by atoms with Crippen molar-refractivity contribution in [3.8, 4) is 0 Å². The van der Waals surface area contributed by atoms with Gasteiger partial charge in [0.15, 0.2) is 0 Å². The number of rotatable bonds is 4. The predicted octanol–water partition coefficient (Wildman–Crippen LogP) is 2.96. The van der Waals surface area contributed by atoms with E-state index in [1.54, 1.807) is 29.8 Å². The van der Waals surface area contributed by atoms with E-state index in [0.29, 0.717) is 29.9 Å². The summed E-state index contributed by atoms with van der Waals surface area (Å²) in [7, 11) is -3.39. The first-order chi connectivity index (χ1) is 12.9. The third-order valence-corrected chi connectivity index (χ3v) is 6.41. The molecule has 1 amide bonds. The summed E-state index contributed by atoms with van der Waals surface area (Å²) in [5, 5.41) is 10.8. The Morgan fingerprint density at radius 3 is 2.85 bits per heavy atom. The number of benzene rings is 1. The number of thiophene rings is 1. The maximum atomic E-state index is 12.3. The van der Waals surface area contributed by atoms with Crippen molar-refractivity contribution >= 4 is 38.6 Å². The summed E-state index contributed by atoms with van der Waals surface area (Å²) < 4.78 is 27.6. The largest absolute Gasteiger partial charge is 0.322 e. The van der Waals surface area contributed by atoms with E-state index < -0.39 is 10.0 Å². The molecule has 0 radical (unpaired) electrons. The highest BCUT2D eigenvalue weighted by Gasteiger charge is 2.31. The van der Waals surface area contributed by atoms with Crippen LogP contribution >= 0.6 is 11.3 Å². The highest BCUT2D eigenvalue weighted by Crippen LogP contribution is 2.38. The lowest BCUT2D eigenvalue weighted by Crippen LogP contribution is -2.37. The Morgan fingerprint density at radius 2 is 2.19 bits per heavy atom. The molecule has 4 rings (SSSR count). The minimum absolute atomic E-state index is 0.0917. The lowest BCUT2D eigenvalue weighted by molar-refractivity contribution is 0.102. The first-order valence-corrected chi connectivity index (χ1v) is 11.2. The molecule has 1 aromatic carbocycles. The maximum absolute atomic E-state index is 12.3. The van der Waals surface area contributed by atoms with Gasteiger partial charge in [0, 0.05) is 35.6 Å². The minimum atomic E-state index is -3.39. The molecule has 1 atom stereocenters. The molecule has 3 aromatic rings. The molecular formula is C18H18N4O3S2. The summed E-state index contributed by atoms with van der Waals surface area (Å²) in [6.07, 6.45) is 5.37. The summed E-state index contributed by atoms with van der Waals surface area (Å²) in [6.45, 7) is 0.386. The molecule has 3 heterocycles. The first kappa shape index (κ1) is 17.7. The number of carbonyl (C=O) groups excluding carboxylic acids is 1. The fourth-order valence-electron chi connectivity index (χ4n) is 3.32. The Kier molecular flexibility index (Phi) is 4.48. The zero-order valence-corrected chi connectivity index (χ0v) is 16.2. The van der Waals surface area contributed by atoms with Crippen LogP contribution in [-0.2, 0) is 10.0 Å². The number of hydrogen-bond acceptors (Lipinski definition) is 5. The third-order valence-electron chi connectivity index (χ3n) is 4.55. The molecule has 0 spiro atoms. The van der Waals surface area contributed by atoms with E-state index in [4.69, 9.17) is 0 Å². The SMILES string of the molecule is CS(=O)(=O)N1CCC(n2cccn2)c2cc(NC(=O)c3ccsc3)ccc21. The monoisotopic (exact) mass is 402 g/mol. The number of hydrogen-bond donors (Lipinski definition) is 1. The maximum Gasteiger partial charge on any atom is 0.256 e. The van der Waals surface area contributed by atoms with E-state index in [9.17, 15) is 13.2 Å².